The molecule has 0 spiro atoms. The number of alkyl halides is 3. The summed E-state index contributed by atoms with van der Waals surface area (Å²) in [6.07, 6.45) is -3.41. The van der Waals surface area contributed by atoms with E-state index in [1.807, 2.05) is 0 Å². The van der Waals surface area contributed by atoms with Gasteiger partial charge in [0.2, 0.25) is 0 Å². The summed E-state index contributed by atoms with van der Waals surface area (Å²) in [6, 6.07) is 4.58. The monoisotopic (exact) mass is 426 g/mol. The van der Waals surface area contributed by atoms with E-state index in [1.165, 1.54) is 30.2 Å². The van der Waals surface area contributed by atoms with Gasteiger partial charge in [-0.15, -0.1) is 5.10 Å². The average Bonchev–Trinajstić information content (AvgIpc) is 3.12. The summed E-state index contributed by atoms with van der Waals surface area (Å²) in [7, 11) is 1.46. The fourth-order valence-corrected chi connectivity index (χ4v) is 2.79. The zero-order valence-corrected chi connectivity index (χ0v) is 15.9. The maximum Gasteiger partial charge on any atom is 0.416 e. The van der Waals surface area contributed by atoms with Crippen molar-refractivity contribution < 1.29 is 18.0 Å². The molecule has 1 amide bonds. The van der Waals surface area contributed by atoms with Gasteiger partial charge in [-0.1, -0.05) is 11.6 Å². The molecule has 0 aliphatic carbocycles. The first-order valence-corrected chi connectivity index (χ1v) is 8.57. The number of carbonyl (C=O) groups excluding carboxylic acids is 1. The molecule has 1 atom stereocenters. The van der Waals surface area contributed by atoms with Gasteiger partial charge in [-0.2, -0.15) is 23.0 Å². The summed E-state index contributed by atoms with van der Waals surface area (Å²) in [5.74, 6) is -0.223. The van der Waals surface area contributed by atoms with Crippen molar-refractivity contribution >= 4 is 17.5 Å². The van der Waals surface area contributed by atoms with Crippen molar-refractivity contribution in [3.05, 3.63) is 69.0 Å². The molecule has 0 aliphatic heterocycles. The first-order valence-electron chi connectivity index (χ1n) is 8.19. The van der Waals surface area contributed by atoms with Crippen LogP contribution >= 0.6 is 11.6 Å². The molecular formula is C17H14ClF3N6O2. The van der Waals surface area contributed by atoms with Gasteiger partial charge in [-0.25, -0.2) is 9.67 Å². The fraction of sp³-hybridized carbons (Fsp3) is 0.235. The Hall–Kier alpha value is -3.21. The molecule has 0 unspecified atom stereocenters. The standard InChI is InChI=1S/C17H14ClF3N6O2/c1-9(15-22-8-23-27(15)13-3-4-14(28)26(2)25-13)24-16(29)10-5-11(17(19,20)21)7-12(18)6-10/h3-9H,1-2H3,(H,24,29)/t9-/m0/s1. The minimum Gasteiger partial charge on any atom is -0.342 e. The summed E-state index contributed by atoms with van der Waals surface area (Å²) in [5, 5.41) is 10.4. The van der Waals surface area contributed by atoms with Crippen molar-refractivity contribution in [1.82, 2.24) is 29.9 Å². The molecule has 29 heavy (non-hydrogen) atoms. The van der Waals surface area contributed by atoms with E-state index in [2.05, 4.69) is 20.5 Å². The minimum absolute atomic E-state index is 0.213. The Morgan fingerprint density at radius 2 is 1.97 bits per heavy atom. The van der Waals surface area contributed by atoms with Gasteiger partial charge >= 0.3 is 6.18 Å². The lowest BCUT2D eigenvalue weighted by Crippen LogP contribution is -2.29. The normalized spacial score (nSPS) is 12.6. The molecule has 0 bridgehead atoms. The molecule has 1 N–H and O–H groups in total. The number of nitrogens with zero attached hydrogens (tertiary/aromatic N) is 5. The molecular weight excluding hydrogens is 413 g/mol. The maximum absolute atomic E-state index is 13.0. The molecule has 0 radical (unpaired) electrons. The number of hydrogen-bond donors (Lipinski definition) is 1. The number of nitrogens with one attached hydrogen (secondary N) is 1. The van der Waals surface area contributed by atoms with Crippen LogP contribution in [-0.2, 0) is 13.2 Å². The third kappa shape index (κ3) is 4.45. The number of hydrogen-bond acceptors (Lipinski definition) is 5. The summed E-state index contributed by atoms with van der Waals surface area (Å²) >= 11 is 5.73. The molecule has 0 saturated carbocycles. The maximum atomic E-state index is 13.0. The van der Waals surface area contributed by atoms with Gasteiger partial charge in [-0.05, 0) is 31.2 Å². The van der Waals surface area contributed by atoms with Gasteiger partial charge in [0.15, 0.2) is 11.6 Å². The van der Waals surface area contributed by atoms with Crippen molar-refractivity contribution in [3.8, 4) is 5.82 Å². The van der Waals surface area contributed by atoms with Crippen LogP contribution in [0.4, 0.5) is 13.2 Å². The third-order valence-electron chi connectivity index (χ3n) is 3.96. The summed E-state index contributed by atoms with van der Waals surface area (Å²) in [5.41, 5.74) is -1.60. The Labute approximate surface area is 166 Å². The highest BCUT2D eigenvalue weighted by Gasteiger charge is 2.32. The second-order valence-corrected chi connectivity index (χ2v) is 6.54. The Balaban J connectivity index is 1.87. The summed E-state index contributed by atoms with van der Waals surface area (Å²) in [6.45, 7) is 1.58. The van der Waals surface area contributed by atoms with E-state index < -0.39 is 23.7 Å². The van der Waals surface area contributed by atoms with Gasteiger partial charge in [0, 0.05) is 23.7 Å². The second-order valence-electron chi connectivity index (χ2n) is 6.10. The molecule has 1 aromatic carbocycles. The van der Waals surface area contributed by atoms with Crippen LogP contribution in [0, 0.1) is 0 Å². The number of halogens is 4. The van der Waals surface area contributed by atoms with Crippen LogP contribution in [0.1, 0.15) is 34.7 Å². The number of rotatable bonds is 4. The molecule has 12 heteroatoms. The van der Waals surface area contributed by atoms with Crippen molar-refractivity contribution in [2.24, 2.45) is 7.05 Å². The predicted octanol–water partition coefficient (Wildman–Crippen LogP) is 2.52. The molecule has 2 heterocycles. The van der Waals surface area contributed by atoms with Crippen LogP contribution in [0.2, 0.25) is 5.02 Å². The van der Waals surface area contributed by atoms with Crippen LogP contribution in [0.3, 0.4) is 0 Å². The highest BCUT2D eigenvalue weighted by molar-refractivity contribution is 6.31. The van der Waals surface area contributed by atoms with Gasteiger partial charge in [0.25, 0.3) is 11.5 Å². The Morgan fingerprint density at radius 1 is 1.24 bits per heavy atom. The van der Waals surface area contributed by atoms with E-state index in [-0.39, 0.29) is 27.8 Å². The lowest BCUT2D eigenvalue weighted by Gasteiger charge is -2.15. The molecule has 0 fully saturated rings. The highest BCUT2D eigenvalue weighted by atomic mass is 35.5. The lowest BCUT2D eigenvalue weighted by atomic mass is 10.1. The average molecular weight is 427 g/mol. The zero-order chi connectivity index (χ0) is 21.3. The Morgan fingerprint density at radius 3 is 2.62 bits per heavy atom. The van der Waals surface area contributed by atoms with Gasteiger partial charge < -0.3 is 5.32 Å². The molecule has 2 aromatic heterocycles. The lowest BCUT2D eigenvalue weighted by molar-refractivity contribution is -0.137. The number of aryl methyl sites for hydroxylation is 1. The number of aromatic nitrogens is 5. The van der Waals surface area contributed by atoms with Gasteiger partial charge in [0.1, 0.15) is 6.33 Å². The van der Waals surface area contributed by atoms with Crippen LogP contribution in [0.15, 0.2) is 41.5 Å². The minimum atomic E-state index is -4.64. The van der Waals surface area contributed by atoms with E-state index in [0.29, 0.717) is 6.07 Å². The summed E-state index contributed by atoms with van der Waals surface area (Å²) < 4.78 is 41.3. The van der Waals surface area contributed by atoms with Crippen LogP contribution in [0.5, 0.6) is 0 Å². The van der Waals surface area contributed by atoms with E-state index >= 15 is 0 Å². The molecule has 3 rings (SSSR count). The van der Waals surface area contributed by atoms with Crippen LogP contribution in [-0.4, -0.2) is 30.5 Å². The second kappa shape index (κ2) is 7.66. The fourth-order valence-electron chi connectivity index (χ4n) is 2.55. The molecule has 152 valence electrons. The van der Waals surface area contributed by atoms with E-state index in [1.54, 1.807) is 6.92 Å². The predicted molar refractivity (Wildman–Crippen MR) is 96.7 cm³/mol. The first-order chi connectivity index (χ1) is 13.6. The Kier molecular flexibility index (Phi) is 5.42. The topological polar surface area (TPSA) is 94.7 Å². The van der Waals surface area contributed by atoms with Crippen molar-refractivity contribution in [3.63, 3.8) is 0 Å². The van der Waals surface area contributed by atoms with E-state index in [0.717, 1.165) is 16.8 Å². The van der Waals surface area contributed by atoms with Gasteiger partial charge in [0.05, 0.1) is 11.6 Å². The molecule has 0 saturated heterocycles. The molecule has 0 aliphatic rings. The van der Waals surface area contributed by atoms with Crippen molar-refractivity contribution in [2.45, 2.75) is 19.1 Å². The van der Waals surface area contributed by atoms with E-state index in [9.17, 15) is 22.8 Å². The third-order valence-corrected chi connectivity index (χ3v) is 4.18. The van der Waals surface area contributed by atoms with Gasteiger partial charge in [-0.3, -0.25) is 9.59 Å². The SMILES string of the molecule is C[C@H](NC(=O)c1cc(Cl)cc(C(F)(F)F)c1)c1ncnn1-c1ccc(=O)n(C)n1. The quantitative estimate of drug-likeness (QED) is 0.691. The molecule has 8 nitrogen and oxygen atoms in total. The van der Waals surface area contributed by atoms with E-state index in [4.69, 9.17) is 11.6 Å². The van der Waals surface area contributed by atoms with Crippen molar-refractivity contribution in [2.75, 3.05) is 0 Å². The number of carbonyl (C=O) groups is 1. The van der Waals surface area contributed by atoms with Crippen LogP contribution < -0.4 is 10.9 Å². The number of benzene rings is 1. The van der Waals surface area contributed by atoms with Crippen LogP contribution in [0.25, 0.3) is 5.82 Å². The number of amides is 1. The zero-order valence-electron chi connectivity index (χ0n) is 15.1. The highest BCUT2D eigenvalue weighted by Crippen LogP contribution is 2.32. The largest absolute Gasteiger partial charge is 0.416 e. The molecule has 3 aromatic rings. The Bertz CT molecular complexity index is 1120. The summed E-state index contributed by atoms with van der Waals surface area (Å²) in [4.78, 5) is 28.0. The smallest absolute Gasteiger partial charge is 0.342 e. The first kappa shape index (κ1) is 20.5. The van der Waals surface area contributed by atoms with Crippen molar-refractivity contribution in [1.29, 1.82) is 0 Å².